The van der Waals surface area contributed by atoms with Gasteiger partial charge < -0.3 is 15.5 Å². The van der Waals surface area contributed by atoms with Crippen LogP contribution in [0.25, 0.3) is 0 Å². The van der Waals surface area contributed by atoms with Gasteiger partial charge in [-0.15, -0.1) is 0 Å². The third kappa shape index (κ3) is 6.80. The first-order valence-corrected chi connectivity index (χ1v) is 6.09. The van der Waals surface area contributed by atoms with E-state index in [1.807, 2.05) is 0 Å². The Kier molecular flexibility index (Phi) is 5.87. The second-order valence-electron chi connectivity index (χ2n) is 4.77. The summed E-state index contributed by atoms with van der Waals surface area (Å²) >= 11 is 0. The number of piperidine rings is 1. The molecule has 1 amide bonds. The first-order chi connectivity index (χ1) is 8.37. The van der Waals surface area contributed by atoms with Crippen LogP contribution in [0.4, 0.5) is 13.2 Å². The van der Waals surface area contributed by atoms with Gasteiger partial charge in [0.15, 0.2) is 0 Å². The van der Waals surface area contributed by atoms with Crippen molar-refractivity contribution in [2.75, 3.05) is 39.8 Å². The number of hydrogen-bond acceptors (Lipinski definition) is 3. The zero-order valence-corrected chi connectivity index (χ0v) is 10.5. The Morgan fingerprint density at radius 3 is 2.50 bits per heavy atom. The predicted octanol–water partition coefficient (Wildman–Crippen LogP) is 0.596. The highest BCUT2D eigenvalue weighted by atomic mass is 19.4. The highest BCUT2D eigenvalue weighted by molar-refractivity contribution is 5.77. The van der Waals surface area contributed by atoms with Gasteiger partial charge in [-0.2, -0.15) is 13.2 Å². The number of hydrogen-bond donors (Lipinski definition) is 2. The van der Waals surface area contributed by atoms with Gasteiger partial charge in [0.25, 0.3) is 0 Å². The molecule has 0 spiro atoms. The van der Waals surface area contributed by atoms with Crippen molar-refractivity contribution >= 4 is 5.91 Å². The van der Waals surface area contributed by atoms with E-state index in [0.29, 0.717) is 12.5 Å². The van der Waals surface area contributed by atoms with E-state index in [4.69, 9.17) is 0 Å². The minimum Gasteiger partial charge on any atom is -0.355 e. The van der Waals surface area contributed by atoms with E-state index in [1.54, 1.807) is 0 Å². The van der Waals surface area contributed by atoms with Crippen LogP contribution in [-0.4, -0.2) is 56.8 Å². The summed E-state index contributed by atoms with van der Waals surface area (Å²) in [5.41, 5.74) is 0. The monoisotopic (exact) mass is 267 g/mol. The second kappa shape index (κ2) is 6.94. The van der Waals surface area contributed by atoms with E-state index in [0.717, 1.165) is 25.9 Å². The number of rotatable bonds is 5. The largest absolute Gasteiger partial charge is 0.401 e. The van der Waals surface area contributed by atoms with Gasteiger partial charge in [0.2, 0.25) is 5.91 Å². The topological polar surface area (TPSA) is 44.4 Å². The molecule has 0 radical (unpaired) electrons. The summed E-state index contributed by atoms with van der Waals surface area (Å²) in [4.78, 5) is 13.5. The molecule has 0 aliphatic carbocycles. The molecule has 1 rings (SSSR count). The summed E-state index contributed by atoms with van der Waals surface area (Å²) in [5.74, 6) is 0.0611. The first-order valence-electron chi connectivity index (χ1n) is 6.09. The third-order valence-electron chi connectivity index (χ3n) is 3.04. The van der Waals surface area contributed by atoms with Crippen LogP contribution in [0.3, 0.4) is 0 Å². The predicted molar refractivity (Wildman–Crippen MR) is 62.2 cm³/mol. The zero-order chi connectivity index (χ0) is 13.6. The van der Waals surface area contributed by atoms with Crippen LogP contribution >= 0.6 is 0 Å². The summed E-state index contributed by atoms with van der Waals surface area (Å²) in [6.07, 6.45) is -2.23. The molecule has 0 aromatic heterocycles. The van der Waals surface area contributed by atoms with E-state index in [-0.39, 0.29) is 12.5 Å². The van der Waals surface area contributed by atoms with Crippen LogP contribution in [0.2, 0.25) is 0 Å². The van der Waals surface area contributed by atoms with Gasteiger partial charge in [0.05, 0.1) is 13.1 Å². The van der Waals surface area contributed by atoms with E-state index >= 15 is 0 Å². The molecule has 1 fully saturated rings. The van der Waals surface area contributed by atoms with E-state index < -0.39 is 12.7 Å². The van der Waals surface area contributed by atoms with Gasteiger partial charge in [0.1, 0.15) is 0 Å². The summed E-state index contributed by atoms with van der Waals surface area (Å²) in [6, 6.07) is 0. The number of carbonyl (C=O) groups excluding carboxylic acids is 1. The van der Waals surface area contributed by atoms with Crippen LogP contribution in [0.5, 0.6) is 0 Å². The van der Waals surface area contributed by atoms with Crippen molar-refractivity contribution in [1.82, 2.24) is 15.5 Å². The maximum Gasteiger partial charge on any atom is 0.401 e. The molecule has 1 aliphatic heterocycles. The average Bonchev–Trinajstić information content (AvgIpc) is 2.26. The number of nitrogens with zero attached hydrogens (tertiary/aromatic N) is 1. The fourth-order valence-electron chi connectivity index (χ4n) is 1.90. The molecule has 7 heteroatoms. The standard InChI is InChI=1S/C11H20F3N3O/c1-17-4-2-9(3-5-17)6-16-10(18)7-15-8-11(12,13)14/h9,15H,2-8H2,1H3,(H,16,18). The highest BCUT2D eigenvalue weighted by Crippen LogP contribution is 2.14. The van der Waals surface area contributed by atoms with Crippen LogP contribution in [0.1, 0.15) is 12.8 Å². The fourth-order valence-corrected chi connectivity index (χ4v) is 1.90. The molecule has 1 saturated heterocycles. The van der Waals surface area contributed by atoms with Crippen LogP contribution in [-0.2, 0) is 4.79 Å². The van der Waals surface area contributed by atoms with Gasteiger partial charge in [-0.3, -0.25) is 4.79 Å². The SMILES string of the molecule is CN1CCC(CNC(=O)CNCC(F)(F)F)CC1. The third-order valence-corrected chi connectivity index (χ3v) is 3.04. The van der Waals surface area contributed by atoms with Gasteiger partial charge >= 0.3 is 6.18 Å². The molecule has 1 aliphatic rings. The Labute approximate surface area is 105 Å². The van der Waals surface area contributed by atoms with Crippen molar-refractivity contribution in [3.63, 3.8) is 0 Å². The average molecular weight is 267 g/mol. The van der Waals surface area contributed by atoms with Gasteiger partial charge in [-0.05, 0) is 38.9 Å². The van der Waals surface area contributed by atoms with Crippen molar-refractivity contribution < 1.29 is 18.0 Å². The van der Waals surface area contributed by atoms with Crippen molar-refractivity contribution in [2.24, 2.45) is 5.92 Å². The Balaban J connectivity index is 2.06. The van der Waals surface area contributed by atoms with Crippen LogP contribution < -0.4 is 10.6 Å². The van der Waals surface area contributed by atoms with E-state index in [2.05, 4.69) is 22.6 Å². The maximum absolute atomic E-state index is 11.8. The maximum atomic E-state index is 11.8. The lowest BCUT2D eigenvalue weighted by Crippen LogP contribution is -2.41. The van der Waals surface area contributed by atoms with Crippen molar-refractivity contribution in [1.29, 1.82) is 0 Å². The molecule has 0 aromatic carbocycles. The molecule has 0 bridgehead atoms. The minimum absolute atomic E-state index is 0.286. The van der Waals surface area contributed by atoms with Crippen molar-refractivity contribution in [2.45, 2.75) is 19.0 Å². The lowest BCUT2D eigenvalue weighted by Gasteiger charge is -2.28. The quantitative estimate of drug-likeness (QED) is 0.766. The molecule has 1 heterocycles. The Hall–Kier alpha value is -0.820. The molecule has 4 nitrogen and oxygen atoms in total. The number of likely N-dealkylation sites (tertiary alicyclic amines) is 1. The number of carbonyl (C=O) groups is 1. The molecule has 2 N–H and O–H groups in total. The van der Waals surface area contributed by atoms with Crippen LogP contribution in [0, 0.1) is 5.92 Å². The normalized spacial score (nSPS) is 18.9. The summed E-state index contributed by atoms with van der Waals surface area (Å²) in [6.45, 7) is 1.15. The van der Waals surface area contributed by atoms with Gasteiger partial charge in [-0.1, -0.05) is 0 Å². The van der Waals surface area contributed by atoms with Crippen molar-refractivity contribution in [3.8, 4) is 0 Å². The van der Waals surface area contributed by atoms with Gasteiger partial charge in [-0.25, -0.2) is 0 Å². The Morgan fingerprint density at radius 1 is 1.33 bits per heavy atom. The smallest absolute Gasteiger partial charge is 0.355 e. The highest BCUT2D eigenvalue weighted by Gasteiger charge is 2.26. The summed E-state index contributed by atoms with van der Waals surface area (Å²) < 4.78 is 35.5. The molecular formula is C11H20F3N3O. The van der Waals surface area contributed by atoms with Crippen LogP contribution in [0.15, 0.2) is 0 Å². The molecule has 0 aromatic rings. The number of amides is 1. The van der Waals surface area contributed by atoms with Crippen molar-refractivity contribution in [3.05, 3.63) is 0 Å². The number of alkyl halides is 3. The zero-order valence-electron chi connectivity index (χ0n) is 10.5. The minimum atomic E-state index is -4.27. The Morgan fingerprint density at radius 2 is 1.94 bits per heavy atom. The molecule has 18 heavy (non-hydrogen) atoms. The molecule has 106 valence electrons. The van der Waals surface area contributed by atoms with Gasteiger partial charge in [0, 0.05) is 6.54 Å². The molecule has 0 saturated carbocycles. The second-order valence-corrected chi connectivity index (χ2v) is 4.77. The first kappa shape index (κ1) is 15.2. The number of halogens is 3. The molecule has 0 unspecified atom stereocenters. The molecular weight excluding hydrogens is 247 g/mol. The Bertz CT molecular complexity index is 263. The van der Waals surface area contributed by atoms with E-state index in [9.17, 15) is 18.0 Å². The van der Waals surface area contributed by atoms with E-state index in [1.165, 1.54) is 0 Å². The lowest BCUT2D eigenvalue weighted by atomic mass is 9.97. The number of nitrogens with one attached hydrogen (secondary N) is 2. The summed E-state index contributed by atoms with van der Waals surface area (Å²) in [7, 11) is 2.05. The lowest BCUT2D eigenvalue weighted by molar-refractivity contribution is -0.128. The molecule has 0 atom stereocenters. The fraction of sp³-hybridized carbons (Fsp3) is 0.909. The summed E-state index contributed by atoms with van der Waals surface area (Å²) in [5, 5.41) is 4.74.